The normalized spacial score (nSPS) is 16.6. The molecule has 0 aromatic heterocycles. The average Bonchev–Trinajstić information content (AvgIpc) is 2.58. The van der Waals surface area contributed by atoms with Gasteiger partial charge in [0.15, 0.2) is 0 Å². The van der Waals surface area contributed by atoms with E-state index in [1.54, 1.807) is 4.90 Å². The minimum atomic E-state index is -4.63. The molecular formula is C17H23ClF3N3O2. The third-order valence-electron chi connectivity index (χ3n) is 4.51. The van der Waals surface area contributed by atoms with Gasteiger partial charge in [0, 0.05) is 19.1 Å². The summed E-state index contributed by atoms with van der Waals surface area (Å²) in [4.78, 5) is 25.8. The Morgan fingerprint density at radius 2 is 1.85 bits per heavy atom. The van der Waals surface area contributed by atoms with E-state index in [1.807, 2.05) is 6.92 Å². The number of piperidine rings is 1. The van der Waals surface area contributed by atoms with Crippen LogP contribution in [0.25, 0.3) is 0 Å². The number of halogens is 4. The molecule has 0 spiro atoms. The highest BCUT2D eigenvalue weighted by Crippen LogP contribution is 2.31. The van der Waals surface area contributed by atoms with Crippen LogP contribution in [0.4, 0.5) is 13.2 Å². The number of carbonyl (C=O) groups excluding carboxylic acids is 2. The molecule has 1 aromatic rings. The molecule has 3 N–H and O–H groups in total. The molecule has 1 aliphatic heterocycles. The maximum Gasteiger partial charge on any atom is 0.417 e. The van der Waals surface area contributed by atoms with Gasteiger partial charge in [0.1, 0.15) is 0 Å². The van der Waals surface area contributed by atoms with Gasteiger partial charge in [-0.2, -0.15) is 13.2 Å². The Labute approximate surface area is 156 Å². The molecule has 1 atom stereocenters. The topological polar surface area (TPSA) is 75.4 Å². The molecule has 1 aromatic carbocycles. The van der Waals surface area contributed by atoms with E-state index in [2.05, 4.69) is 5.32 Å². The fraction of sp³-hybridized carbons (Fsp3) is 0.529. The number of benzene rings is 1. The van der Waals surface area contributed by atoms with Crippen molar-refractivity contribution < 1.29 is 22.8 Å². The molecule has 1 heterocycles. The van der Waals surface area contributed by atoms with Crippen molar-refractivity contribution in [2.45, 2.75) is 32.0 Å². The minimum Gasteiger partial charge on any atom is -0.343 e. The smallest absolute Gasteiger partial charge is 0.343 e. The van der Waals surface area contributed by atoms with Crippen LogP contribution in [0.1, 0.15) is 35.7 Å². The summed E-state index contributed by atoms with van der Waals surface area (Å²) in [6.45, 7) is 2.69. The first kappa shape index (κ1) is 22.2. The molecule has 1 fully saturated rings. The quantitative estimate of drug-likeness (QED) is 0.825. The van der Waals surface area contributed by atoms with Crippen molar-refractivity contribution in [1.29, 1.82) is 0 Å². The van der Waals surface area contributed by atoms with Gasteiger partial charge in [0.05, 0.1) is 17.7 Å². The van der Waals surface area contributed by atoms with E-state index in [-0.39, 0.29) is 30.9 Å². The number of alkyl halides is 3. The van der Waals surface area contributed by atoms with Crippen molar-refractivity contribution in [3.05, 3.63) is 35.4 Å². The highest BCUT2D eigenvalue weighted by Gasteiger charge is 2.35. The third-order valence-corrected chi connectivity index (χ3v) is 4.51. The maximum atomic E-state index is 12.9. The zero-order chi connectivity index (χ0) is 18.6. The van der Waals surface area contributed by atoms with Crippen LogP contribution in [-0.2, 0) is 11.0 Å². The first-order chi connectivity index (χ1) is 11.7. The zero-order valence-electron chi connectivity index (χ0n) is 14.4. The second-order valence-electron chi connectivity index (χ2n) is 6.30. The van der Waals surface area contributed by atoms with Crippen LogP contribution in [-0.4, -0.2) is 42.4 Å². The molecule has 9 heteroatoms. The van der Waals surface area contributed by atoms with E-state index in [4.69, 9.17) is 5.73 Å². The molecule has 1 unspecified atom stereocenters. The van der Waals surface area contributed by atoms with Crippen molar-refractivity contribution >= 4 is 24.2 Å². The maximum absolute atomic E-state index is 12.9. The van der Waals surface area contributed by atoms with Crippen molar-refractivity contribution in [3.8, 4) is 0 Å². The predicted molar refractivity (Wildman–Crippen MR) is 94.0 cm³/mol. The van der Waals surface area contributed by atoms with Crippen LogP contribution >= 0.6 is 12.4 Å². The average molecular weight is 394 g/mol. The number of nitrogens with two attached hydrogens (primary N) is 1. The van der Waals surface area contributed by atoms with Crippen LogP contribution in [0.15, 0.2) is 24.3 Å². The monoisotopic (exact) mass is 393 g/mol. The predicted octanol–water partition coefficient (Wildman–Crippen LogP) is 2.44. The van der Waals surface area contributed by atoms with Crippen LogP contribution in [0.3, 0.4) is 0 Å². The Morgan fingerprint density at radius 3 is 2.38 bits per heavy atom. The van der Waals surface area contributed by atoms with Crippen LogP contribution in [0.2, 0.25) is 0 Å². The summed E-state index contributed by atoms with van der Waals surface area (Å²) in [5, 5.41) is 2.29. The Kier molecular flexibility index (Phi) is 7.89. The second-order valence-corrected chi connectivity index (χ2v) is 6.30. The van der Waals surface area contributed by atoms with Gasteiger partial charge in [0.25, 0.3) is 5.91 Å². The fourth-order valence-electron chi connectivity index (χ4n) is 2.97. The van der Waals surface area contributed by atoms with Gasteiger partial charge in [-0.05, 0) is 37.8 Å². The Balaban J connectivity index is 0.00000338. The van der Waals surface area contributed by atoms with Crippen molar-refractivity contribution in [2.75, 3.05) is 19.6 Å². The van der Waals surface area contributed by atoms with E-state index in [9.17, 15) is 22.8 Å². The van der Waals surface area contributed by atoms with E-state index in [0.29, 0.717) is 19.0 Å². The van der Waals surface area contributed by atoms with E-state index < -0.39 is 23.2 Å². The molecule has 0 aliphatic carbocycles. The van der Waals surface area contributed by atoms with Gasteiger partial charge in [-0.25, -0.2) is 0 Å². The molecule has 0 radical (unpaired) electrons. The summed E-state index contributed by atoms with van der Waals surface area (Å²) >= 11 is 0. The molecule has 0 bridgehead atoms. The van der Waals surface area contributed by atoms with Crippen molar-refractivity contribution in [1.82, 2.24) is 10.2 Å². The SMILES string of the molecule is CC(N)C1CCN(C(=O)CNC(=O)c2ccccc2C(F)(F)F)CC1.Cl. The third kappa shape index (κ3) is 5.60. The molecule has 5 nitrogen and oxygen atoms in total. The number of likely N-dealkylation sites (tertiary alicyclic amines) is 1. The van der Waals surface area contributed by atoms with Gasteiger partial charge in [-0.1, -0.05) is 12.1 Å². The van der Waals surface area contributed by atoms with Gasteiger partial charge >= 0.3 is 6.18 Å². The van der Waals surface area contributed by atoms with E-state index >= 15 is 0 Å². The molecule has 2 rings (SSSR count). The summed E-state index contributed by atoms with van der Waals surface area (Å²) in [5.41, 5.74) is 4.34. The Bertz CT molecular complexity index is 630. The minimum absolute atomic E-state index is 0. The molecule has 2 amide bonds. The highest BCUT2D eigenvalue weighted by molar-refractivity contribution is 5.97. The van der Waals surface area contributed by atoms with Gasteiger partial charge in [-0.3, -0.25) is 9.59 Å². The standard InChI is InChI=1S/C17H22F3N3O2.ClH/c1-11(21)12-6-8-23(9-7-12)15(24)10-22-16(25)13-4-2-3-5-14(13)17(18,19)20;/h2-5,11-12H,6-10,21H2,1H3,(H,22,25);1H. The molecule has 0 saturated carbocycles. The van der Waals surface area contributed by atoms with Crippen molar-refractivity contribution in [2.24, 2.45) is 11.7 Å². The van der Waals surface area contributed by atoms with Crippen molar-refractivity contribution in [3.63, 3.8) is 0 Å². The Hall–Kier alpha value is -1.80. The number of amides is 2. The second kappa shape index (κ2) is 9.23. The summed E-state index contributed by atoms with van der Waals surface area (Å²) in [7, 11) is 0. The molecule has 1 saturated heterocycles. The molecule has 26 heavy (non-hydrogen) atoms. The van der Waals surface area contributed by atoms with Gasteiger partial charge in [-0.15, -0.1) is 12.4 Å². The number of hydrogen-bond acceptors (Lipinski definition) is 3. The highest BCUT2D eigenvalue weighted by atomic mass is 35.5. The first-order valence-corrected chi connectivity index (χ1v) is 8.18. The number of hydrogen-bond donors (Lipinski definition) is 2. The van der Waals surface area contributed by atoms with Crippen LogP contribution in [0.5, 0.6) is 0 Å². The lowest BCUT2D eigenvalue weighted by atomic mass is 9.91. The molecule has 1 aliphatic rings. The van der Waals surface area contributed by atoms with Gasteiger partial charge < -0.3 is 16.0 Å². The molecular weight excluding hydrogens is 371 g/mol. The summed E-state index contributed by atoms with van der Waals surface area (Å²) in [5.74, 6) is -0.856. The van der Waals surface area contributed by atoms with Crippen LogP contribution in [0, 0.1) is 5.92 Å². The number of carbonyl (C=O) groups is 2. The summed E-state index contributed by atoms with van der Waals surface area (Å²) < 4.78 is 38.8. The zero-order valence-corrected chi connectivity index (χ0v) is 15.2. The lowest BCUT2D eigenvalue weighted by Gasteiger charge is -2.33. The number of nitrogens with one attached hydrogen (secondary N) is 1. The van der Waals surface area contributed by atoms with Gasteiger partial charge in [0.2, 0.25) is 5.91 Å². The fourth-order valence-corrected chi connectivity index (χ4v) is 2.97. The summed E-state index contributed by atoms with van der Waals surface area (Å²) in [6.07, 6.45) is -3.05. The van der Waals surface area contributed by atoms with E-state index in [1.165, 1.54) is 12.1 Å². The first-order valence-electron chi connectivity index (χ1n) is 8.18. The Morgan fingerprint density at radius 1 is 1.27 bits per heavy atom. The van der Waals surface area contributed by atoms with E-state index in [0.717, 1.165) is 25.0 Å². The number of rotatable bonds is 4. The molecule has 146 valence electrons. The lowest BCUT2D eigenvalue weighted by molar-refractivity contribution is -0.137. The number of nitrogens with zero attached hydrogens (tertiary/aromatic N) is 1. The summed E-state index contributed by atoms with van der Waals surface area (Å²) in [6, 6.07) is 4.57. The lowest BCUT2D eigenvalue weighted by Crippen LogP contribution is -2.46. The van der Waals surface area contributed by atoms with Crippen LogP contribution < -0.4 is 11.1 Å². The largest absolute Gasteiger partial charge is 0.417 e.